The van der Waals surface area contributed by atoms with E-state index < -0.39 is 8.32 Å². The van der Waals surface area contributed by atoms with Gasteiger partial charge in [-0.2, -0.15) is 0 Å². The Hall–Kier alpha value is -1.12. The Morgan fingerprint density at radius 3 is 2.35 bits per heavy atom. The number of hydrogen-bond donors (Lipinski definition) is 0. The molecule has 0 aliphatic rings. The lowest BCUT2D eigenvalue weighted by atomic mass is 10.1. The van der Waals surface area contributed by atoms with Gasteiger partial charge in [-0.15, -0.1) is 13.2 Å². The third kappa shape index (κ3) is 4.71. The first-order valence-electron chi connectivity index (χ1n) is 6.03. The van der Waals surface area contributed by atoms with Gasteiger partial charge in [-0.05, 0) is 31.1 Å². The Morgan fingerprint density at radius 2 is 1.82 bits per heavy atom. The Kier molecular flexibility index (Phi) is 5.39. The van der Waals surface area contributed by atoms with Crippen LogP contribution in [0.2, 0.25) is 19.1 Å². The van der Waals surface area contributed by atoms with Crippen LogP contribution in [-0.2, 0) is 4.43 Å². The Balaban J connectivity index is 2.80. The zero-order valence-corrected chi connectivity index (χ0v) is 11.9. The van der Waals surface area contributed by atoms with Crippen molar-refractivity contribution in [2.75, 3.05) is 0 Å². The minimum Gasteiger partial charge on any atom is -0.410 e. The summed E-state index contributed by atoms with van der Waals surface area (Å²) in [6.45, 7) is 12.1. The van der Waals surface area contributed by atoms with Gasteiger partial charge in [0.15, 0.2) is 8.32 Å². The third-order valence-electron chi connectivity index (χ3n) is 2.65. The SMILES string of the molecule is C=CCC(O[Si](C)(C)CC=C)c1ccccc1. The van der Waals surface area contributed by atoms with Crippen LogP contribution in [0.1, 0.15) is 18.1 Å². The monoisotopic (exact) mass is 246 g/mol. The van der Waals surface area contributed by atoms with Crippen molar-refractivity contribution in [2.24, 2.45) is 0 Å². The summed E-state index contributed by atoms with van der Waals surface area (Å²) in [5, 5.41) is 0. The van der Waals surface area contributed by atoms with E-state index in [-0.39, 0.29) is 6.10 Å². The molecule has 0 saturated heterocycles. The fourth-order valence-electron chi connectivity index (χ4n) is 1.85. The van der Waals surface area contributed by atoms with Crippen LogP contribution in [0.15, 0.2) is 55.6 Å². The molecular weight excluding hydrogens is 224 g/mol. The summed E-state index contributed by atoms with van der Waals surface area (Å²) in [5.41, 5.74) is 1.23. The number of allylic oxidation sites excluding steroid dienone is 1. The molecule has 0 aromatic heterocycles. The summed E-state index contributed by atoms with van der Waals surface area (Å²) in [5.74, 6) is 0. The predicted octanol–water partition coefficient (Wildman–Crippen LogP) is 4.71. The summed E-state index contributed by atoms with van der Waals surface area (Å²) in [4.78, 5) is 0. The van der Waals surface area contributed by atoms with E-state index in [1.807, 2.05) is 18.2 Å². The van der Waals surface area contributed by atoms with E-state index in [9.17, 15) is 0 Å². The highest BCUT2D eigenvalue weighted by atomic mass is 28.4. The van der Waals surface area contributed by atoms with E-state index in [1.165, 1.54) is 5.56 Å². The molecule has 0 amide bonds. The average molecular weight is 246 g/mol. The van der Waals surface area contributed by atoms with Crippen LogP contribution >= 0.6 is 0 Å². The van der Waals surface area contributed by atoms with Crippen molar-refractivity contribution in [3.8, 4) is 0 Å². The second-order valence-corrected chi connectivity index (χ2v) is 8.96. The van der Waals surface area contributed by atoms with Crippen molar-refractivity contribution in [2.45, 2.75) is 31.7 Å². The molecule has 0 N–H and O–H groups in total. The van der Waals surface area contributed by atoms with Gasteiger partial charge in [-0.1, -0.05) is 42.5 Å². The highest BCUT2D eigenvalue weighted by molar-refractivity contribution is 6.71. The highest BCUT2D eigenvalue weighted by Gasteiger charge is 2.25. The van der Waals surface area contributed by atoms with E-state index in [0.29, 0.717) is 0 Å². The van der Waals surface area contributed by atoms with Gasteiger partial charge in [0.05, 0.1) is 6.10 Å². The lowest BCUT2D eigenvalue weighted by Crippen LogP contribution is -2.31. The first-order valence-corrected chi connectivity index (χ1v) is 9.15. The molecule has 1 nitrogen and oxygen atoms in total. The molecule has 0 bridgehead atoms. The van der Waals surface area contributed by atoms with E-state index in [2.05, 4.69) is 50.5 Å². The molecule has 1 rings (SSSR count). The van der Waals surface area contributed by atoms with Crippen LogP contribution in [0.5, 0.6) is 0 Å². The molecule has 0 aliphatic carbocycles. The van der Waals surface area contributed by atoms with Crippen molar-refractivity contribution < 1.29 is 4.43 Å². The number of rotatable bonds is 7. The van der Waals surface area contributed by atoms with E-state index in [4.69, 9.17) is 4.43 Å². The zero-order chi connectivity index (χ0) is 12.7. The van der Waals surface area contributed by atoms with Crippen LogP contribution < -0.4 is 0 Å². The summed E-state index contributed by atoms with van der Waals surface area (Å²) in [6.07, 6.45) is 4.88. The molecule has 0 fully saturated rings. The summed E-state index contributed by atoms with van der Waals surface area (Å²) in [7, 11) is -1.65. The maximum atomic E-state index is 6.30. The molecule has 0 radical (unpaired) electrons. The minimum absolute atomic E-state index is 0.135. The minimum atomic E-state index is -1.65. The van der Waals surface area contributed by atoms with Crippen molar-refractivity contribution >= 4 is 8.32 Å². The van der Waals surface area contributed by atoms with Crippen LogP contribution in [0.3, 0.4) is 0 Å². The van der Waals surface area contributed by atoms with Gasteiger partial charge in [-0.3, -0.25) is 0 Å². The summed E-state index contributed by atoms with van der Waals surface area (Å²) < 4.78 is 6.30. The lowest BCUT2D eigenvalue weighted by Gasteiger charge is -2.28. The maximum Gasteiger partial charge on any atom is 0.191 e. The normalized spacial score (nSPS) is 13.1. The summed E-state index contributed by atoms with van der Waals surface area (Å²) in [6, 6.07) is 11.3. The molecule has 92 valence electrons. The van der Waals surface area contributed by atoms with Crippen LogP contribution in [0, 0.1) is 0 Å². The molecular formula is C15H22OSi. The Bertz CT molecular complexity index is 356. The molecule has 1 unspecified atom stereocenters. The van der Waals surface area contributed by atoms with Gasteiger partial charge in [0.25, 0.3) is 0 Å². The van der Waals surface area contributed by atoms with Gasteiger partial charge in [0.1, 0.15) is 0 Å². The van der Waals surface area contributed by atoms with E-state index in [0.717, 1.165) is 12.5 Å². The second-order valence-electron chi connectivity index (χ2n) is 4.79. The summed E-state index contributed by atoms with van der Waals surface area (Å²) >= 11 is 0. The molecule has 0 heterocycles. The smallest absolute Gasteiger partial charge is 0.191 e. The average Bonchev–Trinajstić information content (AvgIpc) is 2.29. The second kappa shape index (κ2) is 6.57. The van der Waals surface area contributed by atoms with E-state index >= 15 is 0 Å². The fourth-order valence-corrected chi connectivity index (χ4v) is 3.65. The molecule has 0 saturated carbocycles. The molecule has 1 aromatic carbocycles. The van der Waals surface area contributed by atoms with Gasteiger partial charge >= 0.3 is 0 Å². The number of benzene rings is 1. The van der Waals surface area contributed by atoms with E-state index in [1.54, 1.807) is 0 Å². The molecule has 1 aromatic rings. The van der Waals surface area contributed by atoms with Gasteiger partial charge in [0.2, 0.25) is 0 Å². The molecule has 17 heavy (non-hydrogen) atoms. The van der Waals surface area contributed by atoms with Crippen LogP contribution in [0.25, 0.3) is 0 Å². The maximum absolute atomic E-state index is 6.30. The van der Waals surface area contributed by atoms with Gasteiger partial charge in [0, 0.05) is 0 Å². The Morgan fingerprint density at radius 1 is 1.18 bits per heavy atom. The fraction of sp³-hybridized carbons (Fsp3) is 0.333. The third-order valence-corrected chi connectivity index (χ3v) is 4.84. The highest BCUT2D eigenvalue weighted by Crippen LogP contribution is 2.27. The first-order chi connectivity index (χ1) is 8.09. The molecule has 0 spiro atoms. The van der Waals surface area contributed by atoms with Crippen LogP contribution in [-0.4, -0.2) is 8.32 Å². The van der Waals surface area contributed by atoms with Crippen molar-refractivity contribution in [1.82, 2.24) is 0 Å². The van der Waals surface area contributed by atoms with Crippen molar-refractivity contribution in [3.63, 3.8) is 0 Å². The molecule has 1 atom stereocenters. The largest absolute Gasteiger partial charge is 0.410 e. The quantitative estimate of drug-likeness (QED) is 0.500. The standard InChI is InChI=1S/C15H22OSi/c1-5-10-15(14-11-8-7-9-12-14)16-17(3,4)13-6-2/h5-9,11-12,15H,1-2,10,13H2,3-4H3. The molecule has 2 heteroatoms. The van der Waals surface area contributed by atoms with Crippen molar-refractivity contribution in [3.05, 3.63) is 61.2 Å². The zero-order valence-electron chi connectivity index (χ0n) is 10.9. The van der Waals surface area contributed by atoms with Crippen LogP contribution in [0.4, 0.5) is 0 Å². The predicted molar refractivity (Wildman–Crippen MR) is 77.6 cm³/mol. The number of hydrogen-bond acceptors (Lipinski definition) is 1. The van der Waals surface area contributed by atoms with Crippen molar-refractivity contribution in [1.29, 1.82) is 0 Å². The van der Waals surface area contributed by atoms with Gasteiger partial charge < -0.3 is 4.43 Å². The Labute approximate surface area is 106 Å². The first kappa shape index (κ1) is 13.9. The lowest BCUT2D eigenvalue weighted by molar-refractivity contribution is 0.200. The topological polar surface area (TPSA) is 9.23 Å². The van der Waals surface area contributed by atoms with Gasteiger partial charge in [-0.25, -0.2) is 0 Å². The molecule has 0 aliphatic heterocycles.